The number of aryl methyl sites for hydroxylation is 1. The Labute approximate surface area is 146 Å². The van der Waals surface area contributed by atoms with Crippen LogP contribution in [0.2, 0.25) is 0 Å². The Balaban J connectivity index is 1.62. The number of amides is 1. The van der Waals surface area contributed by atoms with Gasteiger partial charge in [0.05, 0.1) is 0 Å². The lowest BCUT2D eigenvalue weighted by molar-refractivity contribution is -0.145. The van der Waals surface area contributed by atoms with Gasteiger partial charge in [-0.05, 0) is 31.0 Å². The first-order valence-corrected chi connectivity index (χ1v) is 8.64. The van der Waals surface area contributed by atoms with E-state index < -0.39 is 0 Å². The number of nitrogens with one attached hydrogen (secondary N) is 1. The highest BCUT2D eigenvalue weighted by Crippen LogP contribution is 2.14. The van der Waals surface area contributed by atoms with Crippen molar-refractivity contribution >= 4 is 44.3 Å². The van der Waals surface area contributed by atoms with Crippen molar-refractivity contribution in [1.29, 1.82) is 0 Å². The van der Waals surface area contributed by atoms with Crippen molar-refractivity contribution in [2.45, 2.75) is 32.8 Å². The Kier molecular flexibility index (Phi) is 6.66. The third-order valence-corrected chi connectivity index (χ3v) is 4.15. The first kappa shape index (κ1) is 17.6. The number of halogens is 1. The third kappa shape index (κ3) is 6.45. The summed E-state index contributed by atoms with van der Waals surface area (Å²) in [6.07, 6.45) is 0.883. The van der Waals surface area contributed by atoms with Crippen LogP contribution in [0.5, 0.6) is 0 Å². The molecule has 1 N–H and O–H groups in total. The minimum absolute atomic E-state index is 0.179. The van der Waals surface area contributed by atoms with Crippen LogP contribution in [0.4, 0.5) is 5.13 Å². The van der Waals surface area contributed by atoms with E-state index >= 15 is 0 Å². The number of ether oxygens (including phenoxy) is 1. The average Bonchev–Trinajstić information content (AvgIpc) is 2.91. The van der Waals surface area contributed by atoms with Crippen molar-refractivity contribution < 1.29 is 14.3 Å². The molecular weight excluding hydrogens is 382 g/mol. The average molecular weight is 398 g/mol. The SMILES string of the molecule is Cc1nnc(NC(=O)CCCC(=O)OCc2ccc(Br)cc2)s1. The Morgan fingerprint density at radius 3 is 2.61 bits per heavy atom. The summed E-state index contributed by atoms with van der Waals surface area (Å²) in [5.41, 5.74) is 0.922. The number of carbonyl (C=O) groups excluding carboxylic acids is 2. The molecule has 1 amide bonds. The Morgan fingerprint density at radius 1 is 1.22 bits per heavy atom. The van der Waals surface area contributed by atoms with Gasteiger partial charge >= 0.3 is 5.97 Å². The summed E-state index contributed by atoms with van der Waals surface area (Å²) >= 11 is 4.66. The van der Waals surface area contributed by atoms with E-state index in [1.807, 2.05) is 31.2 Å². The minimum Gasteiger partial charge on any atom is -0.461 e. The van der Waals surface area contributed by atoms with E-state index in [0.717, 1.165) is 15.0 Å². The highest BCUT2D eigenvalue weighted by atomic mass is 79.9. The molecular formula is C15H16BrN3O3S. The smallest absolute Gasteiger partial charge is 0.306 e. The first-order chi connectivity index (χ1) is 11.0. The fourth-order valence-electron chi connectivity index (χ4n) is 1.74. The van der Waals surface area contributed by atoms with E-state index in [-0.39, 0.29) is 31.3 Å². The van der Waals surface area contributed by atoms with Crippen LogP contribution in [0.1, 0.15) is 29.8 Å². The monoisotopic (exact) mass is 397 g/mol. The predicted octanol–water partition coefficient (Wildman–Crippen LogP) is 3.46. The van der Waals surface area contributed by atoms with Gasteiger partial charge in [-0.2, -0.15) is 0 Å². The number of carbonyl (C=O) groups is 2. The molecule has 122 valence electrons. The molecule has 1 heterocycles. The standard InChI is InChI=1S/C15H16BrN3O3S/c1-10-18-19-15(23-10)17-13(20)3-2-4-14(21)22-9-11-5-7-12(16)8-6-11/h5-8H,2-4,9H2,1H3,(H,17,19,20). The number of anilines is 1. The molecule has 8 heteroatoms. The van der Waals surface area contributed by atoms with Crippen molar-refractivity contribution in [1.82, 2.24) is 10.2 Å². The number of aromatic nitrogens is 2. The van der Waals surface area contributed by atoms with E-state index in [1.54, 1.807) is 0 Å². The second kappa shape index (κ2) is 8.73. The molecule has 0 unspecified atom stereocenters. The van der Waals surface area contributed by atoms with Gasteiger partial charge in [-0.25, -0.2) is 0 Å². The molecule has 6 nitrogen and oxygen atoms in total. The highest BCUT2D eigenvalue weighted by Gasteiger charge is 2.09. The van der Waals surface area contributed by atoms with Gasteiger partial charge in [-0.15, -0.1) is 10.2 Å². The van der Waals surface area contributed by atoms with Crippen LogP contribution in [0, 0.1) is 6.92 Å². The van der Waals surface area contributed by atoms with Crippen molar-refractivity contribution in [3.8, 4) is 0 Å². The Bertz CT molecular complexity index is 673. The van der Waals surface area contributed by atoms with Gasteiger partial charge in [-0.1, -0.05) is 39.4 Å². The molecule has 2 aromatic rings. The molecule has 0 fully saturated rings. The summed E-state index contributed by atoms with van der Waals surface area (Å²) in [4.78, 5) is 23.3. The number of hydrogen-bond acceptors (Lipinski definition) is 6. The van der Waals surface area contributed by atoms with Crippen molar-refractivity contribution in [3.63, 3.8) is 0 Å². The molecule has 0 aliphatic carbocycles. The quantitative estimate of drug-likeness (QED) is 0.723. The number of rotatable bonds is 7. The summed E-state index contributed by atoms with van der Waals surface area (Å²) in [6, 6.07) is 7.55. The third-order valence-electron chi connectivity index (χ3n) is 2.87. The summed E-state index contributed by atoms with van der Waals surface area (Å²) in [7, 11) is 0. The van der Waals surface area contributed by atoms with Gasteiger partial charge in [-0.3, -0.25) is 9.59 Å². The number of esters is 1. The number of nitrogens with zero attached hydrogens (tertiary/aromatic N) is 2. The molecule has 0 saturated carbocycles. The molecule has 23 heavy (non-hydrogen) atoms. The van der Waals surface area contributed by atoms with Gasteiger partial charge in [0.2, 0.25) is 11.0 Å². The van der Waals surface area contributed by atoms with Gasteiger partial charge < -0.3 is 10.1 Å². The fourth-order valence-corrected chi connectivity index (χ4v) is 2.61. The van der Waals surface area contributed by atoms with E-state index in [4.69, 9.17) is 4.74 Å². The molecule has 2 rings (SSSR count). The zero-order chi connectivity index (χ0) is 16.7. The van der Waals surface area contributed by atoms with Gasteiger partial charge in [0.25, 0.3) is 0 Å². The van der Waals surface area contributed by atoms with Crippen molar-refractivity contribution in [2.75, 3.05) is 5.32 Å². The summed E-state index contributed by atoms with van der Waals surface area (Å²) in [5.74, 6) is -0.491. The molecule has 1 aromatic carbocycles. The maximum atomic E-state index is 11.7. The van der Waals surface area contributed by atoms with Crippen LogP contribution in [0.15, 0.2) is 28.7 Å². The van der Waals surface area contributed by atoms with Crippen LogP contribution in [-0.2, 0) is 20.9 Å². The van der Waals surface area contributed by atoms with Crippen LogP contribution in [0.25, 0.3) is 0 Å². The summed E-state index contributed by atoms with van der Waals surface area (Å²) in [6.45, 7) is 2.05. The highest BCUT2D eigenvalue weighted by molar-refractivity contribution is 9.10. The lowest BCUT2D eigenvalue weighted by atomic mass is 10.2. The molecule has 1 aromatic heterocycles. The molecule has 0 aliphatic rings. The minimum atomic E-state index is -0.313. The molecule has 0 aliphatic heterocycles. The molecule has 0 radical (unpaired) electrons. The topological polar surface area (TPSA) is 81.2 Å². The van der Waals surface area contributed by atoms with Crippen LogP contribution < -0.4 is 5.32 Å². The lowest BCUT2D eigenvalue weighted by Gasteiger charge is -2.05. The largest absolute Gasteiger partial charge is 0.461 e. The molecule has 0 atom stereocenters. The van der Waals surface area contributed by atoms with Gasteiger partial charge in [0.15, 0.2) is 0 Å². The Hall–Kier alpha value is -1.80. The number of benzene rings is 1. The fraction of sp³-hybridized carbons (Fsp3) is 0.333. The molecule has 0 bridgehead atoms. The van der Waals surface area contributed by atoms with Crippen LogP contribution >= 0.6 is 27.3 Å². The molecule has 0 saturated heterocycles. The molecule has 0 spiro atoms. The zero-order valence-electron chi connectivity index (χ0n) is 12.5. The van der Waals surface area contributed by atoms with E-state index in [1.165, 1.54) is 11.3 Å². The van der Waals surface area contributed by atoms with Crippen LogP contribution in [-0.4, -0.2) is 22.1 Å². The second-order valence-electron chi connectivity index (χ2n) is 4.82. The normalized spacial score (nSPS) is 10.3. The summed E-state index contributed by atoms with van der Waals surface area (Å²) in [5, 5.41) is 11.5. The van der Waals surface area contributed by atoms with Crippen LogP contribution in [0.3, 0.4) is 0 Å². The van der Waals surface area contributed by atoms with E-state index in [2.05, 4.69) is 31.4 Å². The van der Waals surface area contributed by atoms with E-state index in [9.17, 15) is 9.59 Å². The van der Waals surface area contributed by atoms with Crippen molar-refractivity contribution in [3.05, 3.63) is 39.3 Å². The maximum absolute atomic E-state index is 11.7. The van der Waals surface area contributed by atoms with E-state index in [0.29, 0.717) is 11.6 Å². The van der Waals surface area contributed by atoms with Crippen molar-refractivity contribution in [2.24, 2.45) is 0 Å². The summed E-state index contributed by atoms with van der Waals surface area (Å²) < 4.78 is 6.14. The zero-order valence-corrected chi connectivity index (χ0v) is 14.9. The Morgan fingerprint density at radius 2 is 1.96 bits per heavy atom. The maximum Gasteiger partial charge on any atom is 0.306 e. The van der Waals surface area contributed by atoms with Gasteiger partial charge in [0.1, 0.15) is 11.6 Å². The van der Waals surface area contributed by atoms with Gasteiger partial charge in [0, 0.05) is 17.3 Å². The predicted molar refractivity (Wildman–Crippen MR) is 91.1 cm³/mol. The first-order valence-electron chi connectivity index (χ1n) is 7.03. The number of hydrogen-bond donors (Lipinski definition) is 1. The lowest BCUT2D eigenvalue weighted by Crippen LogP contribution is -2.12. The second-order valence-corrected chi connectivity index (χ2v) is 6.91.